The van der Waals surface area contributed by atoms with E-state index in [1.807, 2.05) is 41.8 Å². The van der Waals surface area contributed by atoms with Gasteiger partial charge in [-0.1, -0.05) is 37.3 Å². The van der Waals surface area contributed by atoms with Gasteiger partial charge in [0.1, 0.15) is 5.37 Å². The summed E-state index contributed by atoms with van der Waals surface area (Å²) in [5.41, 5.74) is 3.34. The summed E-state index contributed by atoms with van der Waals surface area (Å²) in [6, 6.07) is 10.2. The van der Waals surface area contributed by atoms with Crippen molar-refractivity contribution in [1.29, 1.82) is 0 Å². The predicted molar refractivity (Wildman–Crippen MR) is 81.9 cm³/mol. The molecule has 1 aromatic carbocycles. The molecule has 0 aliphatic carbocycles. The first-order valence-corrected chi connectivity index (χ1v) is 7.84. The van der Waals surface area contributed by atoms with Crippen LogP contribution in [0.1, 0.15) is 32.8 Å². The third-order valence-corrected chi connectivity index (χ3v) is 5.07. The highest BCUT2D eigenvalue weighted by Gasteiger charge is 2.34. The molecule has 1 aliphatic rings. The molecule has 0 unspecified atom stereocenters. The molecule has 1 amide bonds. The number of rotatable bonds is 5. The van der Waals surface area contributed by atoms with Crippen LogP contribution < -0.4 is 0 Å². The first-order valence-electron chi connectivity index (χ1n) is 6.79. The van der Waals surface area contributed by atoms with Crippen molar-refractivity contribution in [3.05, 3.63) is 47.0 Å². The van der Waals surface area contributed by atoms with Crippen LogP contribution in [0.3, 0.4) is 0 Å². The number of nitrogens with zero attached hydrogens (tertiary/aromatic N) is 1. The molecule has 102 valence electrons. The van der Waals surface area contributed by atoms with Crippen molar-refractivity contribution in [2.45, 2.75) is 39.1 Å². The number of carbonyl (C=O) groups is 1. The van der Waals surface area contributed by atoms with Crippen molar-refractivity contribution in [3.8, 4) is 0 Å². The zero-order valence-corrected chi connectivity index (χ0v) is 12.7. The van der Waals surface area contributed by atoms with Crippen LogP contribution in [0.2, 0.25) is 0 Å². The Kier molecular flexibility index (Phi) is 4.70. The Bertz CT molecular complexity index is 481. The Morgan fingerprint density at radius 2 is 1.89 bits per heavy atom. The van der Waals surface area contributed by atoms with Gasteiger partial charge in [0, 0.05) is 12.1 Å². The highest BCUT2D eigenvalue weighted by atomic mass is 32.2. The lowest BCUT2D eigenvalue weighted by atomic mass is 10.2. The average molecular weight is 275 g/mol. The lowest BCUT2D eigenvalue weighted by molar-refractivity contribution is -0.126. The summed E-state index contributed by atoms with van der Waals surface area (Å²) in [7, 11) is 0. The van der Waals surface area contributed by atoms with E-state index in [2.05, 4.69) is 26.0 Å². The monoisotopic (exact) mass is 275 g/mol. The molecular formula is C16H21NOS. The fraction of sp³-hybridized carbons (Fsp3) is 0.438. The molecule has 2 nitrogen and oxygen atoms in total. The van der Waals surface area contributed by atoms with Crippen LogP contribution in [0.15, 0.2) is 41.5 Å². The lowest BCUT2D eigenvalue weighted by Gasteiger charge is -2.26. The normalized spacial score (nSPS) is 19.4. The first-order chi connectivity index (χ1) is 9.15. The van der Waals surface area contributed by atoms with Gasteiger partial charge in [-0.15, -0.1) is 11.8 Å². The number of hydrogen-bond donors (Lipinski definition) is 0. The van der Waals surface area contributed by atoms with E-state index in [1.165, 1.54) is 11.1 Å². The third-order valence-electron chi connectivity index (χ3n) is 3.50. The lowest BCUT2D eigenvalue weighted by Crippen LogP contribution is -2.33. The number of thioether (sulfide) groups is 1. The van der Waals surface area contributed by atoms with Gasteiger partial charge in [0.15, 0.2) is 0 Å². The van der Waals surface area contributed by atoms with Crippen LogP contribution in [0.4, 0.5) is 0 Å². The molecule has 1 atom stereocenters. The van der Waals surface area contributed by atoms with E-state index in [0.717, 1.165) is 17.7 Å². The van der Waals surface area contributed by atoms with E-state index in [4.69, 9.17) is 0 Å². The van der Waals surface area contributed by atoms with E-state index in [1.54, 1.807) is 0 Å². The molecule has 1 aliphatic heterocycles. The fourth-order valence-electron chi connectivity index (χ4n) is 2.29. The molecule has 1 heterocycles. The van der Waals surface area contributed by atoms with Gasteiger partial charge >= 0.3 is 0 Å². The SMILES string of the molecule is CCCS[C@H]1C(C)=C(C)C(=O)N1Cc1ccccc1. The number of benzene rings is 1. The van der Waals surface area contributed by atoms with Crippen molar-refractivity contribution < 1.29 is 4.79 Å². The summed E-state index contributed by atoms with van der Waals surface area (Å²) in [6.07, 6.45) is 1.14. The summed E-state index contributed by atoms with van der Waals surface area (Å²) in [6.45, 7) is 6.92. The van der Waals surface area contributed by atoms with Gasteiger partial charge in [-0.3, -0.25) is 4.79 Å². The molecule has 0 saturated heterocycles. The van der Waals surface area contributed by atoms with Gasteiger partial charge in [-0.2, -0.15) is 0 Å². The van der Waals surface area contributed by atoms with Crippen LogP contribution in [0.25, 0.3) is 0 Å². The minimum Gasteiger partial charge on any atom is -0.319 e. The standard InChI is InChI=1S/C16H21NOS/c1-4-10-19-16-13(3)12(2)15(18)17(16)11-14-8-6-5-7-9-14/h5-9,16H,4,10-11H2,1-3H3/t16-/m0/s1. The first kappa shape index (κ1) is 14.2. The molecule has 0 aromatic heterocycles. The molecule has 0 N–H and O–H groups in total. The van der Waals surface area contributed by atoms with Crippen molar-refractivity contribution in [2.24, 2.45) is 0 Å². The van der Waals surface area contributed by atoms with Crippen molar-refractivity contribution in [3.63, 3.8) is 0 Å². The fourth-order valence-corrected chi connectivity index (χ4v) is 3.52. The molecule has 3 heteroatoms. The van der Waals surface area contributed by atoms with E-state index in [9.17, 15) is 4.79 Å². The highest BCUT2D eigenvalue weighted by Crippen LogP contribution is 2.34. The minimum absolute atomic E-state index is 0.190. The Hall–Kier alpha value is -1.22. The second-order valence-corrected chi connectivity index (χ2v) is 6.14. The summed E-state index contributed by atoms with van der Waals surface area (Å²) >= 11 is 1.87. The summed E-state index contributed by atoms with van der Waals surface area (Å²) < 4.78 is 0. The molecule has 0 spiro atoms. The average Bonchev–Trinajstić information content (AvgIpc) is 2.63. The minimum atomic E-state index is 0.190. The Balaban J connectivity index is 2.16. The highest BCUT2D eigenvalue weighted by molar-refractivity contribution is 8.00. The second-order valence-electron chi connectivity index (χ2n) is 4.95. The summed E-state index contributed by atoms with van der Waals surface area (Å²) in [4.78, 5) is 14.3. The number of carbonyl (C=O) groups excluding carboxylic acids is 1. The van der Waals surface area contributed by atoms with Crippen molar-refractivity contribution in [1.82, 2.24) is 4.90 Å². The molecule has 0 bridgehead atoms. The smallest absolute Gasteiger partial charge is 0.251 e. The number of amides is 1. The molecule has 1 aromatic rings. The molecule has 0 saturated carbocycles. The van der Waals surface area contributed by atoms with E-state index in [-0.39, 0.29) is 11.3 Å². The van der Waals surface area contributed by atoms with Crippen molar-refractivity contribution >= 4 is 17.7 Å². The molecule has 19 heavy (non-hydrogen) atoms. The maximum Gasteiger partial charge on any atom is 0.251 e. The zero-order valence-electron chi connectivity index (χ0n) is 11.8. The van der Waals surface area contributed by atoms with Gasteiger partial charge in [0.2, 0.25) is 0 Å². The van der Waals surface area contributed by atoms with E-state index >= 15 is 0 Å². The topological polar surface area (TPSA) is 20.3 Å². The Morgan fingerprint density at radius 1 is 1.21 bits per heavy atom. The molecule has 2 rings (SSSR count). The maximum absolute atomic E-state index is 12.3. The molecular weight excluding hydrogens is 254 g/mol. The van der Waals surface area contributed by atoms with Crippen LogP contribution >= 0.6 is 11.8 Å². The predicted octanol–water partition coefficient (Wildman–Crippen LogP) is 3.83. The van der Waals surface area contributed by atoms with Gasteiger partial charge < -0.3 is 4.90 Å². The third kappa shape index (κ3) is 3.03. The van der Waals surface area contributed by atoms with Crippen molar-refractivity contribution in [2.75, 3.05) is 5.75 Å². The molecule has 0 fully saturated rings. The summed E-state index contributed by atoms with van der Waals surface area (Å²) in [5, 5.41) is 0.215. The second kappa shape index (κ2) is 6.29. The van der Waals surface area contributed by atoms with Crippen LogP contribution in [0, 0.1) is 0 Å². The van der Waals surface area contributed by atoms with Gasteiger partial charge in [0.05, 0.1) is 0 Å². The Labute approximate surface area is 119 Å². The zero-order chi connectivity index (χ0) is 13.8. The van der Waals surface area contributed by atoms with Gasteiger partial charge in [-0.25, -0.2) is 0 Å². The van der Waals surface area contributed by atoms with E-state index < -0.39 is 0 Å². The quantitative estimate of drug-likeness (QED) is 0.814. The maximum atomic E-state index is 12.3. The number of hydrogen-bond acceptors (Lipinski definition) is 2. The Morgan fingerprint density at radius 3 is 2.53 bits per heavy atom. The van der Waals surface area contributed by atoms with E-state index in [0.29, 0.717) is 6.54 Å². The van der Waals surface area contributed by atoms with Crippen LogP contribution in [-0.4, -0.2) is 21.9 Å². The van der Waals surface area contributed by atoms with Gasteiger partial charge in [0.25, 0.3) is 5.91 Å². The van der Waals surface area contributed by atoms with Crippen LogP contribution in [-0.2, 0) is 11.3 Å². The summed E-state index contributed by atoms with van der Waals surface area (Å²) in [5.74, 6) is 1.28. The van der Waals surface area contributed by atoms with Crippen LogP contribution in [0.5, 0.6) is 0 Å². The molecule has 0 radical (unpaired) electrons. The van der Waals surface area contributed by atoms with Gasteiger partial charge in [-0.05, 0) is 37.2 Å². The largest absolute Gasteiger partial charge is 0.319 e.